The summed E-state index contributed by atoms with van der Waals surface area (Å²) in [4.78, 5) is 0. The van der Waals surface area contributed by atoms with Gasteiger partial charge in [0.15, 0.2) is 0 Å². The van der Waals surface area contributed by atoms with E-state index in [0.29, 0.717) is 4.48 Å². The van der Waals surface area contributed by atoms with Crippen molar-refractivity contribution in [2.24, 2.45) is 11.5 Å². The minimum absolute atomic E-state index is 0.583. The smallest absolute Gasteiger partial charge is 0.204 e. The maximum atomic E-state index is 5.74. The summed E-state index contributed by atoms with van der Waals surface area (Å²) in [5, 5.41) is 0. The van der Waals surface area contributed by atoms with Crippen LogP contribution in [0.3, 0.4) is 0 Å². The molecule has 0 unspecified atom stereocenters. The Balaban J connectivity index is 4.14. The van der Waals surface area contributed by atoms with Crippen LogP contribution in [0.15, 0.2) is 0 Å². The maximum absolute atomic E-state index is 5.74. The Hall–Kier alpha value is -0.120. The van der Waals surface area contributed by atoms with Gasteiger partial charge in [-0.15, -0.1) is 0 Å². The van der Waals surface area contributed by atoms with Crippen LogP contribution in [-0.4, -0.2) is 31.4 Å². The molecule has 0 rings (SSSR count). The summed E-state index contributed by atoms with van der Waals surface area (Å²) in [5.41, 5.74) is 11.5. The van der Waals surface area contributed by atoms with Crippen LogP contribution in [0.5, 0.6) is 0 Å². The molecule has 3 heteroatoms. The van der Waals surface area contributed by atoms with Gasteiger partial charge in [0.1, 0.15) is 0 Å². The second-order valence-corrected chi connectivity index (χ2v) is 3.36. The second-order valence-electron chi connectivity index (χ2n) is 3.36. The van der Waals surface area contributed by atoms with Crippen LogP contribution in [0, 0.1) is 0 Å². The van der Waals surface area contributed by atoms with Gasteiger partial charge < -0.3 is 4.48 Å². The van der Waals surface area contributed by atoms with Gasteiger partial charge in [0.2, 0.25) is 5.79 Å². The molecule has 0 aliphatic rings. The number of hydrogen-bond donors (Lipinski definition) is 2. The molecule has 0 saturated carbocycles. The topological polar surface area (TPSA) is 52.0 Å². The Labute approximate surface area is 57.2 Å². The van der Waals surface area contributed by atoms with Crippen molar-refractivity contribution in [2.45, 2.75) is 19.1 Å². The fraction of sp³-hybridized carbons (Fsp3) is 1.00. The van der Waals surface area contributed by atoms with Crippen LogP contribution in [0.4, 0.5) is 0 Å². The number of quaternary nitrogens is 1. The summed E-state index contributed by atoms with van der Waals surface area (Å²) in [6.45, 7) is 1.99. The molecule has 56 valence electrons. The van der Waals surface area contributed by atoms with E-state index in [0.717, 1.165) is 6.42 Å². The van der Waals surface area contributed by atoms with Crippen molar-refractivity contribution >= 4 is 0 Å². The van der Waals surface area contributed by atoms with Crippen molar-refractivity contribution in [3.05, 3.63) is 0 Å². The molecule has 0 fully saturated rings. The van der Waals surface area contributed by atoms with Gasteiger partial charge in [-0.05, 0) is 0 Å². The molecule has 4 N–H and O–H groups in total. The summed E-state index contributed by atoms with van der Waals surface area (Å²) in [5.74, 6) is -0.583. The average Bonchev–Trinajstić information content (AvgIpc) is 1.64. The lowest BCUT2D eigenvalue weighted by Crippen LogP contribution is -2.69. The van der Waals surface area contributed by atoms with Crippen LogP contribution >= 0.6 is 0 Å². The van der Waals surface area contributed by atoms with Crippen molar-refractivity contribution < 1.29 is 4.48 Å². The molecule has 0 saturated heterocycles. The Kier molecular flexibility index (Phi) is 2.22. The summed E-state index contributed by atoms with van der Waals surface area (Å²) >= 11 is 0. The van der Waals surface area contributed by atoms with E-state index in [2.05, 4.69) is 0 Å². The number of rotatable bonds is 2. The first-order chi connectivity index (χ1) is 3.81. The van der Waals surface area contributed by atoms with Crippen LogP contribution < -0.4 is 11.5 Å². The molecule has 0 atom stereocenters. The molecule has 0 aromatic carbocycles. The van der Waals surface area contributed by atoms with E-state index in [1.54, 1.807) is 0 Å². The zero-order valence-electron chi connectivity index (χ0n) is 6.81. The fourth-order valence-corrected chi connectivity index (χ4v) is 0.474. The van der Waals surface area contributed by atoms with Gasteiger partial charge in [0, 0.05) is 6.42 Å². The maximum Gasteiger partial charge on any atom is 0.204 e. The standard InChI is InChI=1S/C6H18N3/c1-5-6(7,8)9(2,3)4/h5,7-8H2,1-4H3/q+1. The second kappa shape index (κ2) is 2.25. The molecule has 0 aliphatic carbocycles. The van der Waals surface area contributed by atoms with E-state index in [9.17, 15) is 0 Å². The third-order valence-electron chi connectivity index (χ3n) is 1.82. The zero-order chi connectivity index (χ0) is 7.71. The van der Waals surface area contributed by atoms with Gasteiger partial charge in [-0.2, -0.15) is 0 Å². The number of hydrogen-bond acceptors (Lipinski definition) is 2. The monoisotopic (exact) mass is 132 g/mol. The third kappa shape index (κ3) is 1.93. The fourth-order valence-electron chi connectivity index (χ4n) is 0.474. The largest absolute Gasteiger partial charge is 0.301 e. The molecule has 0 bridgehead atoms. The Morgan fingerprint density at radius 1 is 1.22 bits per heavy atom. The molecule has 0 aromatic heterocycles. The Bertz CT molecular complexity index is 91.0. The lowest BCUT2D eigenvalue weighted by molar-refractivity contribution is -0.924. The molecule has 0 aromatic rings. The highest BCUT2D eigenvalue weighted by molar-refractivity contribution is 4.59. The predicted molar refractivity (Wildman–Crippen MR) is 39.4 cm³/mol. The summed E-state index contributed by atoms with van der Waals surface area (Å²) in [7, 11) is 5.97. The Morgan fingerprint density at radius 2 is 1.56 bits per heavy atom. The summed E-state index contributed by atoms with van der Waals surface area (Å²) in [6.07, 6.45) is 0.788. The first-order valence-electron chi connectivity index (χ1n) is 3.20. The van der Waals surface area contributed by atoms with Gasteiger partial charge >= 0.3 is 0 Å². The highest BCUT2D eigenvalue weighted by atomic mass is 15.5. The van der Waals surface area contributed by atoms with Crippen molar-refractivity contribution in [3.63, 3.8) is 0 Å². The van der Waals surface area contributed by atoms with Gasteiger partial charge in [0.05, 0.1) is 21.1 Å². The molecule has 0 aliphatic heterocycles. The van der Waals surface area contributed by atoms with Gasteiger partial charge in [-0.1, -0.05) is 6.92 Å². The van der Waals surface area contributed by atoms with Crippen LogP contribution in [0.25, 0.3) is 0 Å². The minimum atomic E-state index is -0.583. The van der Waals surface area contributed by atoms with Crippen LogP contribution in [-0.2, 0) is 0 Å². The van der Waals surface area contributed by atoms with Gasteiger partial charge in [-0.3, -0.25) is 11.5 Å². The SMILES string of the molecule is CCC(N)(N)[N+](C)(C)C. The predicted octanol–water partition coefficient (Wildman–Crippen LogP) is -0.326. The lowest BCUT2D eigenvalue weighted by atomic mass is 10.2. The zero-order valence-corrected chi connectivity index (χ0v) is 6.81. The van der Waals surface area contributed by atoms with Crippen molar-refractivity contribution in [1.29, 1.82) is 0 Å². The molecular formula is C6H18N3+. The Morgan fingerprint density at radius 3 is 1.56 bits per heavy atom. The summed E-state index contributed by atoms with van der Waals surface area (Å²) < 4.78 is 0.601. The number of nitrogens with two attached hydrogens (primary N) is 2. The van der Waals surface area contributed by atoms with E-state index < -0.39 is 5.79 Å². The average molecular weight is 132 g/mol. The molecular weight excluding hydrogens is 114 g/mol. The quantitative estimate of drug-likeness (QED) is 0.399. The first kappa shape index (κ1) is 8.88. The molecule has 0 radical (unpaired) electrons. The van der Waals surface area contributed by atoms with Crippen molar-refractivity contribution in [1.82, 2.24) is 0 Å². The van der Waals surface area contributed by atoms with Crippen molar-refractivity contribution in [2.75, 3.05) is 21.1 Å². The van der Waals surface area contributed by atoms with E-state index in [4.69, 9.17) is 11.5 Å². The van der Waals surface area contributed by atoms with E-state index in [1.165, 1.54) is 0 Å². The molecule has 0 spiro atoms. The van der Waals surface area contributed by atoms with E-state index in [-0.39, 0.29) is 0 Å². The molecule has 0 amide bonds. The van der Waals surface area contributed by atoms with Crippen molar-refractivity contribution in [3.8, 4) is 0 Å². The van der Waals surface area contributed by atoms with E-state index in [1.807, 2.05) is 28.1 Å². The summed E-state index contributed by atoms with van der Waals surface area (Å²) in [6, 6.07) is 0. The van der Waals surface area contributed by atoms with Crippen LogP contribution in [0.2, 0.25) is 0 Å². The first-order valence-corrected chi connectivity index (χ1v) is 3.20. The van der Waals surface area contributed by atoms with Gasteiger partial charge in [-0.25, -0.2) is 0 Å². The third-order valence-corrected chi connectivity index (χ3v) is 1.82. The normalized spacial score (nSPS) is 14.0. The molecule has 9 heavy (non-hydrogen) atoms. The molecule has 3 nitrogen and oxygen atoms in total. The lowest BCUT2D eigenvalue weighted by Gasteiger charge is -2.39. The van der Waals surface area contributed by atoms with E-state index >= 15 is 0 Å². The highest BCUT2D eigenvalue weighted by Gasteiger charge is 2.31. The van der Waals surface area contributed by atoms with Gasteiger partial charge in [0.25, 0.3) is 0 Å². The van der Waals surface area contributed by atoms with Crippen LogP contribution in [0.1, 0.15) is 13.3 Å². The molecule has 0 heterocycles. The number of nitrogens with zero attached hydrogens (tertiary/aromatic N) is 1. The highest BCUT2D eigenvalue weighted by Crippen LogP contribution is 2.07. The minimum Gasteiger partial charge on any atom is -0.301 e.